The number of rotatable bonds is 1. The first-order valence-electron chi connectivity index (χ1n) is 6.91. The van der Waals surface area contributed by atoms with Crippen LogP contribution in [0.4, 0.5) is 0 Å². The molecule has 0 saturated carbocycles. The van der Waals surface area contributed by atoms with Crippen molar-refractivity contribution in [1.29, 1.82) is 0 Å². The number of hydrogen-bond donors (Lipinski definition) is 0. The standard InChI is InChI=1S/C17H14N4.ClH/c1-11-9-15-17(10-12(11)2)21(20-19-15)16-7-8-18-14-6-4-3-5-13(14)16;/h3-10H,1-2H3;1H. The van der Waals surface area contributed by atoms with Crippen LogP contribution in [0.3, 0.4) is 0 Å². The first-order valence-corrected chi connectivity index (χ1v) is 6.91. The Hall–Kier alpha value is -2.46. The Balaban J connectivity index is 0.00000144. The van der Waals surface area contributed by atoms with Gasteiger partial charge >= 0.3 is 0 Å². The predicted molar refractivity (Wildman–Crippen MR) is 90.9 cm³/mol. The zero-order valence-electron chi connectivity index (χ0n) is 12.3. The number of fused-ring (bicyclic) bond motifs is 2. The number of hydrogen-bond acceptors (Lipinski definition) is 3. The fourth-order valence-corrected chi connectivity index (χ4v) is 2.62. The Bertz CT molecular complexity index is 970. The Morgan fingerprint density at radius 1 is 0.909 bits per heavy atom. The Kier molecular flexibility index (Phi) is 3.54. The molecule has 0 aliphatic rings. The third-order valence-electron chi connectivity index (χ3n) is 3.92. The van der Waals surface area contributed by atoms with E-state index in [9.17, 15) is 0 Å². The molecule has 0 radical (unpaired) electrons. The lowest BCUT2D eigenvalue weighted by Crippen LogP contribution is -1.98. The number of nitrogens with zero attached hydrogens (tertiary/aromatic N) is 4. The fraction of sp³-hybridized carbons (Fsp3) is 0.118. The third kappa shape index (κ3) is 2.12. The minimum Gasteiger partial charge on any atom is -0.256 e. The largest absolute Gasteiger partial charge is 0.256 e. The van der Waals surface area contributed by atoms with E-state index in [2.05, 4.69) is 47.3 Å². The van der Waals surface area contributed by atoms with Crippen LogP contribution < -0.4 is 0 Å². The summed E-state index contributed by atoms with van der Waals surface area (Å²) in [5.74, 6) is 0. The molecule has 0 fully saturated rings. The molecule has 4 nitrogen and oxygen atoms in total. The number of aryl methyl sites for hydroxylation is 2. The van der Waals surface area contributed by atoms with Crippen molar-refractivity contribution in [3.05, 3.63) is 59.8 Å². The van der Waals surface area contributed by atoms with Crippen LogP contribution in [0.5, 0.6) is 0 Å². The van der Waals surface area contributed by atoms with Gasteiger partial charge in [0.1, 0.15) is 5.52 Å². The van der Waals surface area contributed by atoms with E-state index < -0.39 is 0 Å². The molecule has 0 saturated heterocycles. The molecule has 22 heavy (non-hydrogen) atoms. The summed E-state index contributed by atoms with van der Waals surface area (Å²) >= 11 is 0. The summed E-state index contributed by atoms with van der Waals surface area (Å²) in [5, 5.41) is 9.71. The molecule has 110 valence electrons. The fourth-order valence-electron chi connectivity index (χ4n) is 2.62. The van der Waals surface area contributed by atoms with Gasteiger partial charge in [0.25, 0.3) is 0 Å². The minimum atomic E-state index is 0. The van der Waals surface area contributed by atoms with Gasteiger partial charge in [-0.3, -0.25) is 4.98 Å². The van der Waals surface area contributed by atoms with Crippen molar-refractivity contribution in [2.24, 2.45) is 0 Å². The van der Waals surface area contributed by atoms with Gasteiger partial charge in [-0.25, -0.2) is 4.68 Å². The van der Waals surface area contributed by atoms with Gasteiger partial charge in [-0.1, -0.05) is 23.4 Å². The number of pyridine rings is 1. The summed E-state index contributed by atoms with van der Waals surface area (Å²) in [7, 11) is 0. The monoisotopic (exact) mass is 310 g/mol. The molecular formula is C17H15ClN4. The lowest BCUT2D eigenvalue weighted by atomic mass is 10.1. The number of para-hydroxylation sites is 1. The molecule has 2 aromatic heterocycles. The van der Waals surface area contributed by atoms with Crippen LogP contribution in [0.2, 0.25) is 0 Å². The van der Waals surface area contributed by atoms with Crippen LogP contribution in [0.25, 0.3) is 27.6 Å². The quantitative estimate of drug-likeness (QED) is 0.533. The normalized spacial score (nSPS) is 10.8. The molecule has 5 heteroatoms. The van der Waals surface area contributed by atoms with Crippen LogP contribution >= 0.6 is 12.4 Å². The molecule has 0 atom stereocenters. The second-order valence-electron chi connectivity index (χ2n) is 5.27. The van der Waals surface area contributed by atoms with E-state index >= 15 is 0 Å². The Morgan fingerprint density at radius 2 is 1.68 bits per heavy atom. The average Bonchev–Trinajstić information content (AvgIpc) is 2.90. The number of halogens is 1. The van der Waals surface area contributed by atoms with Crippen LogP contribution in [0.1, 0.15) is 11.1 Å². The second-order valence-corrected chi connectivity index (χ2v) is 5.27. The summed E-state index contributed by atoms with van der Waals surface area (Å²) in [6.45, 7) is 4.20. The van der Waals surface area contributed by atoms with Crippen molar-refractivity contribution in [3.63, 3.8) is 0 Å². The van der Waals surface area contributed by atoms with Gasteiger partial charge < -0.3 is 0 Å². The molecule has 0 aliphatic heterocycles. The number of aromatic nitrogens is 4. The molecule has 2 heterocycles. The lowest BCUT2D eigenvalue weighted by Gasteiger charge is -2.07. The van der Waals surface area contributed by atoms with Gasteiger partial charge in [0.05, 0.1) is 16.7 Å². The van der Waals surface area contributed by atoms with Crippen LogP contribution in [0, 0.1) is 13.8 Å². The minimum absolute atomic E-state index is 0. The van der Waals surface area contributed by atoms with Crippen LogP contribution in [-0.4, -0.2) is 20.0 Å². The van der Waals surface area contributed by atoms with Crippen molar-refractivity contribution in [2.45, 2.75) is 13.8 Å². The van der Waals surface area contributed by atoms with E-state index in [1.807, 2.05) is 35.1 Å². The molecule has 0 spiro atoms. The molecule has 2 aromatic carbocycles. The summed E-state index contributed by atoms with van der Waals surface area (Å²) in [6, 6.07) is 14.3. The molecule has 0 amide bonds. The van der Waals surface area contributed by atoms with Gasteiger partial charge in [-0.2, -0.15) is 0 Å². The van der Waals surface area contributed by atoms with E-state index in [0.717, 1.165) is 27.6 Å². The summed E-state index contributed by atoms with van der Waals surface area (Å²) in [4.78, 5) is 4.40. The Labute approximate surface area is 134 Å². The van der Waals surface area contributed by atoms with Gasteiger partial charge in [-0.05, 0) is 49.2 Å². The maximum absolute atomic E-state index is 4.40. The topological polar surface area (TPSA) is 43.6 Å². The average molecular weight is 311 g/mol. The molecule has 0 unspecified atom stereocenters. The second kappa shape index (κ2) is 5.39. The highest BCUT2D eigenvalue weighted by Gasteiger charge is 2.11. The summed E-state index contributed by atoms with van der Waals surface area (Å²) in [6.07, 6.45) is 1.81. The van der Waals surface area contributed by atoms with Crippen molar-refractivity contribution in [3.8, 4) is 5.69 Å². The smallest absolute Gasteiger partial charge is 0.113 e. The van der Waals surface area contributed by atoms with Gasteiger partial charge in [0.2, 0.25) is 0 Å². The highest BCUT2D eigenvalue weighted by Crippen LogP contribution is 2.24. The maximum atomic E-state index is 4.40. The molecular weight excluding hydrogens is 296 g/mol. The van der Waals surface area contributed by atoms with E-state index in [-0.39, 0.29) is 12.4 Å². The Morgan fingerprint density at radius 3 is 2.55 bits per heavy atom. The van der Waals surface area contributed by atoms with E-state index in [0.29, 0.717) is 0 Å². The van der Waals surface area contributed by atoms with Gasteiger partial charge in [0, 0.05) is 11.6 Å². The van der Waals surface area contributed by atoms with E-state index in [1.165, 1.54) is 11.1 Å². The van der Waals surface area contributed by atoms with E-state index in [4.69, 9.17) is 0 Å². The van der Waals surface area contributed by atoms with Crippen molar-refractivity contribution >= 4 is 34.3 Å². The third-order valence-corrected chi connectivity index (χ3v) is 3.92. The molecule has 4 rings (SSSR count). The maximum Gasteiger partial charge on any atom is 0.113 e. The lowest BCUT2D eigenvalue weighted by molar-refractivity contribution is 0.828. The predicted octanol–water partition coefficient (Wildman–Crippen LogP) is 4.01. The zero-order valence-corrected chi connectivity index (χ0v) is 13.1. The van der Waals surface area contributed by atoms with Gasteiger partial charge in [-0.15, -0.1) is 17.5 Å². The zero-order chi connectivity index (χ0) is 14.4. The highest BCUT2D eigenvalue weighted by atomic mass is 35.5. The van der Waals surface area contributed by atoms with Crippen LogP contribution in [0.15, 0.2) is 48.7 Å². The SMILES string of the molecule is Cc1cc2nnn(-c3ccnc4ccccc34)c2cc1C.Cl. The molecule has 0 aliphatic carbocycles. The van der Waals surface area contributed by atoms with Crippen molar-refractivity contribution in [1.82, 2.24) is 20.0 Å². The molecule has 4 aromatic rings. The first kappa shape index (κ1) is 14.5. The molecule has 0 bridgehead atoms. The van der Waals surface area contributed by atoms with Crippen molar-refractivity contribution in [2.75, 3.05) is 0 Å². The highest BCUT2D eigenvalue weighted by molar-refractivity contribution is 5.89. The van der Waals surface area contributed by atoms with Crippen LogP contribution in [-0.2, 0) is 0 Å². The molecule has 0 N–H and O–H groups in total. The summed E-state index contributed by atoms with van der Waals surface area (Å²) in [5.41, 5.74) is 6.38. The first-order chi connectivity index (χ1) is 10.2. The number of benzene rings is 2. The van der Waals surface area contributed by atoms with E-state index in [1.54, 1.807) is 0 Å². The van der Waals surface area contributed by atoms with Gasteiger partial charge in [0.15, 0.2) is 0 Å². The summed E-state index contributed by atoms with van der Waals surface area (Å²) < 4.78 is 1.89. The van der Waals surface area contributed by atoms with Crippen molar-refractivity contribution < 1.29 is 0 Å².